The molecule has 3 aliphatic rings. The standard InChI is InChI=1S/C21H21FN6OS/c1-11(2)28-20(29-16-7-5-4-6-15(16)22)24-19(25-28)23-18-13-9-21(13)14(18)10-27(21)17-8-12(3)26-30-17/h4-9,11,14,18H,10H2,1-3H3,(H,23,25)/t14?,18-,21?/m1/s1. The zero-order chi connectivity index (χ0) is 20.6. The summed E-state index contributed by atoms with van der Waals surface area (Å²) in [4.78, 5) is 6.94. The van der Waals surface area contributed by atoms with Crippen LogP contribution in [-0.4, -0.2) is 37.3 Å². The van der Waals surface area contributed by atoms with E-state index in [1.165, 1.54) is 16.6 Å². The third-order valence-electron chi connectivity index (χ3n) is 6.18. The number of ether oxygens (including phenoxy) is 1. The van der Waals surface area contributed by atoms with Crippen molar-refractivity contribution in [2.24, 2.45) is 5.92 Å². The van der Waals surface area contributed by atoms with Crippen molar-refractivity contribution in [1.82, 2.24) is 19.1 Å². The quantitative estimate of drug-likeness (QED) is 0.599. The van der Waals surface area contributed by atoms with E-state index in [9.17, 15) is 4.39 Å². The highest BCUT2D eigenvalue weighted by atomic mass is 32.1. The van der Waals surface area contributed by atoms with Crippen LogP contribution in [0.3, 0.4) is 0 Å². The Hall–Kier alpha value is -2.94. The van der Waals surface area contributed by atoms with Gasteiger partial charge in [-0.1, -0.05) is 18.2 Å². The van der Waals surface area contributed by atoms with Crippen molar-refractivity contribution < 1.29 is 9.13 Å². The number of benzene rings is 1. The van der Waals surface area contributed by atoms with E-state index < -0.39 is 5.82 Å². The maximum absolute atomic E-state index is 14.0. The Morgan fingerprint density at radius 2 is 2.17 bits per heavy atom. The van der Waals surface area contributed by atoms with Crippen LogP contribution in [0, 0.1) is 18.7 Å². The first-order chi connectivity index (χ1) is 14.5. The Balaban J connectivity index is 1.19. The van der Waals surface area contributed by atoms with E-state index in [0.29, 0.717) is 11.9 Å². The molecule has 3 atom stereocenters. The Labute approximate surface area is 177 Å². The first-order valence-electron chi connectivity index (χ1n) is 10.1. The molecule has 2 aliphatic carbocycles. The Kier molecular flexibility index (Phi) is 3.60. The van der Waals surface area contributed by atoms with Crippen molar-refractivity contribution in [2.75, 3.05) is 16.8 Å². The van der Waals surface area contributed by atoms with Gasteiger partial charge in [-0.05, 0) is 56.1 Å². The average molecular weight is 425 g/mol. The molecule has 1 aromatic carbocycles. The molecule has 2 unspecified atom stereocenters. The van der Waals surface area contributed by atoms with E-state index in [-0.39, 0.29) is 29.4 Å². The van der Waals surface area contributed by atoms with Gasteiger partial charge >= 0.3 is 6.01 Å². The second-order valence-electron chi connectivity index (χ2n) is 8.36. The molecule has 30 heavy (non-hydrogen) atoms. The van der Waals surface area contributed by atoms with Crippen molar-refractivity contribution in [1.29, 1.82) is 0 Å². The molecule has 1 saturated carbocycles. The summed E-state index contributed by atoms with van der Waals surface area (Å²) < 4.78 is 25.8. The largest absolute Gasteiger partial charge is 0.421 e. The lowest BCUT2D eigenvalue weighted by Gasteiger charge is -2.61. The summed E-state index contributed by atoms with van der Waals surface area (Å²) in [6, 6.07) is 9.01. The molecule has 3 aromatic rings. The molecule has 7 nitrogen and oxygen atoms in total. The molecule has 1 saturated heterocycles. The fraction of sp³-hybridized carbons (Fsp3) is 0.381. The molecule has 154 valence electrons. The number of hydrogen-bond donors (Lipinski definition) is 1. The van der Waals surface area contributed by atoms with Gasteiger partial charge in [0.2, 0.25) is 5.95 Å². The average Bonchev–Trinajstić information content (AvgIpc) is 3.09. The van der Waals surface area contributed by atoms with Crippen molar-refractivity contribution in [2.45, 2.75) is 38.4 Å². The molecule has 0 radical (unpaired) electrons. The molecule has 0 bridgehead atoms. The molecule has 6 rings (SSSR count). The highest BCUT2D eigenvalue weighted by Gasteiger charge is 2.76. The smallest absolute Gasteiger partial charge is 0.322 e. The summed E-state index contributed by atoms with van der Waals surface area (Å²) in [6.07, 6.45) is 2.34. The second-order valence-corrected chi connectivity index (χ2v) is 9.14. The van der Waals surface area contributed by atoms with Crippen molar-refractivity contribution in [3.63, 3.8) is 0 Å². The number of halogens is 1. The van der Waals surface area contributed by atoms with E-state index >= 15 is 0 Å². The lowest BCUT2D eigenvalue weighted by Crippen LogP contribution is -2.73. The van der Waals surface area contributed by atoms with Gasteiger partial charge in [0.15, 0.2) is 11.6 Å². The SMILES string of the molecule is Cc1cc(N2CC3[C@H](Nc4nc(Oc5ccccc5F)n(C(C)C)n4)C4=CC432)sn1. The van der Waals surface area contributed by atoms with Gasteiger partial charge in [0, 0.05) is 12.5 Å². The van der Waals surface area contributed by atoms with Crippen LogP contribution in [0.15, 0.2) is 42.0 Å². The van der Waals surface area contributed by atoms with E-state index in [2.05, 4.69) is 36.8 Å². The minimum absolute atomic E-state index is 0.0317. The first kappa shape index (κ1) is 17.9. The highest BCUT2D eigenvalue weighted by Crippen LogP contribution is 2.68. The fourth-order valence-electron chi connectivity index (χ4n) is 4.62. The van der Waals surface area contributed by atoms with E-state index in [4.69, 9.17) is 4.74 Å². The molecule has 9 heteroatoms. The molecule has 0 amide bonds. The molecular weight excluding hydrogens is 403 g/mol. The lowest BCUT2D eigenvalue weighted by molar-refractivity contribution is 0.202. The van der Waals surface area contributed by atoms with Crippen LogP contribution in [0.2, 0.25) is 0 Å². The third kappa shape index (κ3) is 2.38. The fourth-order valence-corrected chi connectivity index (χ4v) is 5.46. The number of nitrogens with zero attached hydrogens (tertiary/aromatic N) is 5. The number of para-hydroxylation sites is 1. The van der Waals surface area contributed by atoms with Crippen LogP contribution in [0.1, 0.15) is 25.6 Å². The lowest BCUT2D eigenvalue weighted by atomic mass is 9.65. The van der Waals surface area contributed by atoms with Crippen LogP contribution < -0.4 is 15.0 Å². The monoisotopic (exact) mass is 424 g/mol. The van der Waals surface area contributed by atoms with Gasteiger partial charge in [0.25, 0.3) is 0 Å². The molecule has 1 spiro atoms. The van der Waals surface area contributed by atoms with Gasteiger partial charge in [-0.3, -0.25) is 0 Å². The molecule has 2 fully saturated rings. The number of anilines is 2. The summed E-state index contributed by atoms with van der Waals surface area (Å²) in [5.74, 6) is 0.732. The van der Waals surface area contributed by atoms with Crippen LogP contribution in [0.5, 0.6) is 11.8 Å². The predicted octanol–water partition coefficient (Wildman–Crippen LogP) is 4.16. The van der Waals surface area contributed by atoms with Crippen LogP contribution in [0.25, 0.3) is 0 Å². The maximum atomic E-state index is 14.0. The summed E-state index contributed by atoms with van der Waals surface area (Å²) in [5, 5.41) is 9.27. The Morgan fingerprint density at radius 3 is 2.87 bits per heavy atom. The van der Waals surface area contributed by atoms with E-state index in [0.717, 1.165) is 12.2 Å². The van der Waals surface area contributed by atoms with Crippen LogP contribution >= 0.6 is 11.5 Å². The van der Waals surface area contributed by atoms with E-state index in [1.807, 2.05) is 20.8 Å². The van der Waals surface area contributed by atoms with Crippen molar-refractivity contribution in [3.8, 4) is 11.8 Å². The molecule has 1 N–H and O–H groups in total. The Morgan fingerprint density at radius 1 is 1.33 bits per heavy atom. The summed E-state index contributed by atoms with van der Waals surface area (Å²) >= 11 is 1.56. The van der Waals surface area contributed by atoms with Gasteiger partial charge in [-0.25, -0.2) is 9.07 Å². The predicted molar refractivity (Wildman–Crippen MR) is 113 cm³/mol. The number of nitrogens with one attached hydrogen (secondary N) is 1. The molecule has 1 aliphatic heterocycles. The minimum atomic E-state index is -0.426. The molecule has 2 aromatic heterocycles. The zero-order valence-electron chi connectivity index (χ0n) is 16.8. The number of hydrogen-bond acceptors (Lipinski definition) is 7. The van der Waals surface area contributed by atoms with Gasteiger partial charge in [-0.2, -0.15) is 9.36 Å². The minimum Gasteiger partial charge on any atom is -0.421 e. The highest BCUT2D eigenvalue weighted by molar-refractivity contribution is 7.10. The van der Waals surface area contributed by atoms with Crippen molar-refractivity contribution in [3.05, 3.63) is 53.5 Å². The zero-order valence-corrected chi connectivity index (χ0v) is 17.7. The van der Waals surface area contributed by atoms with Gasteiger partial charge in [-0.15, -0.1) is 5.10 Å². The van der Waals surface area contributed by atoms with Gasteiger partial charge in [0.1, 0.15) is 5.00 Å². The first-order valence-corrected chi connectivity index (χ1v) is 10.8. The second kappa shape index (κ2) is 6.04. The number of aryl methyl sites for hydroxylation is 1. The normalized spacial score (nSPS) is 25.8. The van der Waals surface area contributed by atoms with Crippen LogP contribution in [0.4, 0.5) is 15.3 Å². The summed E-state index contributed by atoms with van der Waals surface area (Å²) in [7, 11) is 0. The van der Waals surface area contributed by atoms with Crippen LogP contribution in [-0.2, 0) is 0 Å². The van der Waals surface area contributed by atoms with Gasteiger partial charge < -0.3 is 15.0 Å². The number of rotatable bonds is 6. The Bertz CT molecular complexity index is 1190. The topological polar surface area (TPSA) is 68.1 Å². The van der Waals surface area contributed by atoms with Gasteiger partial charge in [0.05, 0.1) is 23.3 Å². The van der Waals surface area contributed by atoms with E-state index in [1.54, 1.807) is 34.4 Å². The molecule has 3 heterocycles. The summed E-state index contributed by atoms with van der Waals surface area (Å²) in [5.41, 5.74) is 2.57. The number of aromatic nitrogens is 4. The third-order valence-corrected chi connectivity index (χ3v) is 7.08. The molecular formula is C21H21FN6OS. The summed E-state index contributed by atoms with van der Waals surface area (Å²) in [6.45, 7) is 7.00. The number of piperidine rings is 1. The maximum Gasteiger partial charge on any atom is 0.322 e. The van der Waals surface area contributed by atoms with Crippen molar-refractivity contribution >= 4 is 22.5 Å².